The third-order valence-electron chi connectivity index (χ3n) is 11.3. The van der Waals surface area contributed by atoms with Crippen LogP contribution < -0.4 is 0 Å². The number of hydrogen-bond donors (Lipinski definition) is 0. The summed E-state index contributed by atoms with van der Waals surface area (Å²) in [6.45, 7) is 2.31. The van der Waals surface area contributed by atoms with Crippen LogP contribution >= 0.6 is 0 Å². The van der Waals surface area contributed by atoms with E-state index in [1.165, 1.54) is 131 Å². The van der Waals surface area contributed by atoms with Gasteiger partial charge in [-0.2, -0.15) is 0 Å². The first kappa shape index (κ1) is 30.9. The first-order valence-electron chi connectivity index (χ1n) is 18.8. The van der Waals surface area contributed by atoms with Crippen molar-refractivity contribution >= 4 is 10.8 Å². The second kappa shape index (κ2) is 14.0. The normalized spacial score (nSPS) is 14.9. The van der Waals surface area contributed by atoms with Gasteiger partial charge in [0.1, 0.15) is 0 Å². The van der Waals surface area contributed by atoms with Crippen LogP contribution in [0.2, 0.25) is 0 Å². The maximum atomic E-state index is 2.61. The second-order valence-corrected chi connectivity index (χ2v) is 14.3. The lowest BCUT2D eigenvalue weighted by Crippen LogP contribution is -2.04. The Morgan fingerprint density at radius 2 is 1.00 bits per heavy atom. The fraction of sp³-hybridized carbons (Fsp3) is 0.292. The quantitative estimate of drug-likeness (QED) is 0.126. The molecule has 2 bridgehead atoms. The van der Waals surface area contributed by atoms with E-state index in [9.17, 15) is 0 Å². The molecule has 240 valence electrons. The summed E-state index contributed by atoms with van der Waals surface area (Å²) < 4.78 is 0. The fourth-order valence-electron chi connectivity index (χ4n) is 8.86. The number of rotatable bonds is 11. The van der Waals surface area contributed by atoms with Crippen LogP contribution in [0.15, 0.2) is 121 Å². The molecule has 1 unspecified atom stereocenters. The van der Waals surface area contributed by atoms with Crippen molar-refractivity contribution in [3.8, 4) is 55.6 Å². The lowest BCUT2D eigenvalue weighted by atomic mass is 9.83. The highest BCUT2D eigenvalue weighted by Gasteiger charge is 2.34. The Balaban J connectivity index is 1.31. The molecule has 0 aromatic heterocycles. The monoisotopic (exact) mass is 624 g/mol. The van der Waals surface area contributed by atoms with Gasteiger partial charge in [0.15, 0.2) is 0 Å². The minimum atomic E-state index is 0.780. The number of benzene rings is 6. The Morgan fingerprint density at radius 3 is 1.60 bits per heavy atom. The molecule has 0 saturated heterocycles. The van der Waals surface area contributed by atoms with E-state index >= 15 is 0 Å². The molecule has 0 heterocycles. The molecule has 1 atom stereocenters. The zero-order chi connectivity index (χ0) is 32.3. The smallest absolute Gasteiger partial charge is 0.00110 e. The van der Waals surface area contributed by atoms with Gasteiger partial charge >= 0.3 is 0 Å². The molecule has 0 radical (unpaired) electrons. The molecular formula is C48H48. The summed E-state index contributed by atoms with van der Waals surface area (Å²) in [5.74, 6) is 0.780. The Morgan fingerprint density at radius 1 is 0.479 bits per heavy atom. The van der Waals surface area contributed by atoms with Crippen LogP contribution in [-0.2, 0) is 12.8 Å². The van der Waals surface area contributed by atoms with Crippen molar-refractivity contribution in [3.05, 3.63) is 132 Å². The van der Waals surface area contributed by atoms with Crippen LogP contribution in [-0.4, -0.2) is 0 Å². The molecule has 6 aromatic carbocycles. The first-order valence-corrected chi connectivity index (χ1v) is 18.8. The minimum Gasteiger partial charge on any atom is -0.0654 e. The first-order chi connectivity index (χ1) is 23.8. The molecule has 9 rings (SSSR count). The average molecular weight is 625 g/mol. The van der Waals surface area contributed by atoms with E-state index in [1.807, 2.05) is 0 Å². The summed E-state index contributed by atoms with van der Waals surface area (Å²) in [5, 5.41) is 2.79. The number of hydrogen-bond acceptors (Lipinski definition) is 0. The van der Waals surface area contributed by atoms with E-state index in [0.717, 1.165) is 18.8 Å². The summed E-state index contributed by atoms with van der Waals surface area (Å²) in [6, 6.07) is 45.6. The summed E-state index contributed by atoms with van der Waals surface area (Å²) in [6.07, 6.45) is 15.9. The van der Waals surface area contributed by atoms with E-state index < -0.39 is 0 Å². The van der Waals surface area contributed by atoms with Gasteiger partial charge < -0.3 is 0 Å². The van der Waals surface area contributed by atoms with Crippen molar-refractivity contribution < 1.29 is 0 Å². The van der Waals surface area contributed by atoms with Crippen molar-refractivity contribution in [3.63, 3.8) is 0 Å². The molecule has 3 aliphatic rings. The van der Waals surface area contributed by atoms with Gasteiger partial charge in [-0.15, -0.1) is 0 Å². The Labute approximate surface area is 287 Å². The SMILES string of the molecule is CCCCCCCCCC1CCc2cc(-c3ccccc3)c(c3c2-c2c(-c4ccccc4)ccc4ccc(-c5ccccc5)c-3c24)CC1. The molecule has 0 fully saturated rings. The maximum Gasteiger partial charge on any atom is -0.00110 e. The predicted octanol–water partition coefficient (Wildman–Crippen LogP) is 14.1. The highest BCUT2D eigenvalue weighted by Crippen LogP contribution is 2.58. The van der Waals surface area contributed by atoms with Gasteiger partial charge in [-0.25, -0.2) is 0 Å². The fourth-order valence-corrected chi connectivity index (χ4v) is 8.86. The van der Waals surface area contributed by atoms with Crippen LogP contribution in [0.5, 0.6) is 0 Å². The summed E-state index contributed by atoms with van der Waals surface area (Å²) >= 11 is 0. The second-order valence-electron chi connectivity index (χ2n) is 14.3. The lowest BCUT2D eigenvalue weighted by molar-refractivity contribution is 0.400. The topological polar surface area (TPSA) is 0 Å². The molecule has 0 spiro atoms. The van der Waals surface area contributed by atoms with Crippen LogP contribution in [0, 0.1) is 5.92 Å². The van der Waals surface area contributed by atoms with E-state index in [0.29, 0.717) is 0 Å². The van der Waals surface area contributed by atoms with Gasteiger partial charge in [-0.3, -0.25) is 0 Å². The molecule has 0 amide bonds. The van der Waals surface area contributed by atoms with Gasteiger partial charge in [0.25, 0.3) is 0 Å². The van der Waals surface area contributed by atoms with Gasteiger partial charge in [-0.05, 0) is 109 Å². The van der Waals surface area contributed by atoms with Crippen molar-refractivity contribution in [2.75, 3.05) is 0 Å². The Bertz CT molecular complexity index is 2010. The van der Waals surface area contributed by atoms with Gasteiger partial charge in [0.05, 0.1) is 0 Å². The van der Waals surface area contributed by atoms with E-state index in [-0.39, 0.29) is 0 Å². The zero-order valence-corrected chi connectivity index (χ0v) is 28.6. The van der Waals surface area contributed by atoms with E-state index in [2.05, 4.69) is 128 Å². The molecular weight excluding hydrogens is 577 g/mol. The van der Waals surface area contributed by atoms with Crippen LogP contribution in [0.4, 0.5) is 0 Å². The molecule has 0 N–H and O–H groups in total. The lowest BCUT2D eigenvalue weighted by Gasteiger charge is -2.20. The summed E-state index contributed by atoms with van der Waals surface area (Å²) in [4.78, 5) is 0. The Hall–Kier alpha value is -4.42. The summed E-state index contributed by atoms with van der Waals surface area (Å²) in [7, 11) is 0. The maximum absolute atomic E-state index is 2.61. The number of aryl methyl sites for hydroxylation is 1. The third kappa shape index (κ3) is 5.81. The van der Waals surface area contributed by atoms with Gasteiger partial charge in [0, 0.05) is 0 Å². The number of unbranched alkanes of at least 4 members (excludes halogenated alkanes) is 6. The van der Waals surface area contributed by atoms with E-state index in [4.69, 9.17) is 0 Å². The average Bonchev–Trinajstić information content (AvgIpc) is 3.56. The number of fused-ring (bicyclic) bond motifs is 5. The van der Waals surface area contributed by atoms with Crippen molar-refractivity contribution in [2.24, 2.45) is 5.92 Å². The van der Waals surface area contributed by atoms with Gasteiger partial charge in [0.2, 0.25) is 0 Å². The molecule has 48 heavy (non-hydrogen) atoms. The highest BCUT2D eigenvalue weighted by molar-refractivity contribution is 6.24. The largest absolute Gasteiger partial charge is 0.0654 e. The molecule has 3 aliphatic carbocycles. The minimum absolute atomic E-state index is 0.780. The summed E-state index contributed by atoms with van der Waals surface area (Å²) in [5.41, 5.74) is 17.2. The van der Waals surface area contributed by atoms with Crippen molar-refractivity contribution in [1.29, 1.82) is 0 Å². The Kier molecular flexibility index (Phi) is 8.99. The van der Waals surface area contributed by atoms with Crippen molar-refractivity contribution in [2.45, 2.75) is 84.0 Å². The van der Waals surface area contributed by atoms with Crippen LogP contribution in [0.3, 0.4) is 0 Å². The standard InChI is InChI=1S/C48H48/c1-2-3-4-5-6-7-11-18-34-25-27-39-33-43(37-23-16-10-17-24-37)42(30-26-34)48-45(39)46-40(35-19-12-8-13-20-35)31-28-38-29-32-41(47(48)44(38)46)36-21-14-9-15-22-36/h8-10,12-17,19-24,28-29,31-34H,2-7,11,18,25-27,30H2,1H3. The molecule has 6 aromatic rings. The van der Waals surface area contributed by atoms with Crippen LogP contribution in [0.1, 0.15) is 82.3 Å². The van der Waals surface area contributed by atoms with E-state index in [1.54, 1.807) is 11.1 Å². The molecule has 0 heteroatoms. The third-order valence-corrected chi connectivity index (χ3v) is 11.3. The van der Waals surface area contributed by atoms with Gasteiger partial charge in [-0.1, -0.05) is 180 Å². The molecule has 0 nitrogen and oxygen atoms in total. The van der Waals surface area contributed by atoms with Crippen LogP contribution in [0.25, 0.3) is 66.4 Å². The highest BCUT2D eigenvalue weighted by atomic mass is 14.4. The zero-order valence-electron chi connectivity index (χ0n) is 28.6. The molecule has 0 aliphatic heterocycles. The molecule has 0 saturated carbocycles. The van der Waals surface area contributed by atoms with Crippen molar-refractivity contribution in [1.82, 2.24) is 0 Å². The predicted molar refractivity (Wildman–Crippen MR) is 207 cm³/mol.